The highest BCUT2D eigenvalue weighted by Crippen LogP contribution is 2.36. The van der Waals surface area contributed by atoms with Gasteiger partial charge in [0, 0.05) is 32.2 Å². The van der Waals surface area contributed by atoms with Crippen LogP contribution in [-0.2, 0) is 14.3 Å². The Hall–Kier alpha value is -1.88. The largest absolute Gasteiger partial charge is 0.378 e. The maximum atomic E-state index is 12.7. The normalized spacial score (nSPS) is 22.6. The number of fused-ring (bicyclic) bond motifs is 1. The van der Waals surface area contributed by atoms with E-state index in [-0.39, 0.29) is 24.2 Å². The lowest BCUT2D eigenvalue weighted by Gasteiger charge is -2.35. The Morgan fingerprint density at radius 2 is 1.95 bits per heavy atom. The van der Waals surface area contributed by atoms with Gasteiger partial charge in [0.05, 0.1) is 19.1 Å². The molecule has 1 saturated heterocycles. The second-order valence-electron chi connectivity index (χ2n) is 5.21. The molecule has 2 aliphatic heterocycles. The van der Waals surface area contributed by atoms with Gasteiger partial charge < -0.3 is 14.5 Å². The number of hydrogen-bond acceptors (Lipinski definition) is 3. The number of ether oxygens (including phenoxy) is 1. The van der Waals surface area contributed by atoms with Crippen molar-refractivity contribution in [2.75, 3.05) is 38.3 Å². The van der Waals surface area contributed by atoms with E-state index in [0.717, 1.165) is 11.3 Å². The molecule has 1 aromatic rings. The van der Waals surface area contributed by atoms with Gasteiger partial charge in [0.2, 0.25) is 11.8 Å². The predicted octanol–water partition coefficient (Wildman–Crippen LogP) is 0.996. The zero-order valence-corrected chi connectivity index (χ0v) is 11.5. The minimum Gasteiger partial charge on any atom is -0.378 e. The van der Waals surface area contributed by atoms with Crippen LogP contribution in [0, 0.1) is 0 Å². The van der Waals surface area contributed by atoms with Crippen LogP contribution < -0.4 is 4.90 Å². The van der Waals surface area contributed by atoms with Crippen LogP contribution in [0.2, 0.25) is 0 Å². The second-order valence-corrected chi connectivity index (χ2v) is 5.21. The van der Waals surface area contributed by atoms with Crippen molar-refractivity contribution in [2.24, 2.45) is 0 Å². The van der Waals surface area contributed by atoms with Crippen molar-refractivity contribution >= 4 is 17.5 Å². The number of nitrogens with zero attached hydrogens (tertiary/aromatic N) is 2. The molecule has 1 fully saturated rings. The van der Waals surface area contributed by atoms with Crippen LogP contribution in [-0.4, -0.2) is 50.1 Å². The SMILES string of the molecule is CN1C(=O)CC(C(=O)N2CCOCC2)c2ccccc21. The van der Waals surface area contributed by atoms with Gasteiger partial charge in [-0.05, 0) is 11.6 Å². The molecule has 0 saturated carbocycles. The van der Waals surface area contributed by atoms with E-state index in [1.807, 2.05) is 29.2 Å². The molecule has 2 heterocycles. The molecular weight excluding hydrogens is 256 g/mol. The van der Waals surface area contributed by atoms with Crippen LogP contribution >= 0.6 is 0 Å². The highest BCUT2D eigenvalue weighted by Gasteiger charge is 2.36. The fraction of sp³-hybridized carbons (Fsp3) is 0.467. The van der Waals surface area contributed by atoms with Crippen molar-refractivity contribution in [3.05, 3.63) is 29.8 Å². The lowest BCUT2D eigenvalue weighted by molar-refractivity contribution is -0.138. The van der Waals surface area contributed by atoms with Crippen LogP contribution in [0.15, 0.2) is 24.3 Å². The Balaban J connectivity index is 1.91. The first kappa shape index (κ1) is 13.1. The van der Waals surface area contributed by atoms with Gasteiger partial charge in [-0.2, -0.15) is 0 Å². The van der Waals surface area contributed by atoms with E-state index < -0.39 is 0 Å². The van der Waals surface area contributed by atoms with E-state index in [4.69, 9.17) is 4.74 Å². The average Bonchev–Trinajstić information content (AvgIpc) is 2.51. The van der Waals surface area contributed by atoms with Gasteiger partial charge in [0.15, 0.2) is 0 Å². The monoisotopic (exact) mass is 274 g/mol. The molecule has 1 aromatic carbocycles. The van der Waals surface area contributed by atoms with Crippen LogP contribution in [0.3, 0.4) is 0 Å². The number of carbonyl (C=O) groups excluding carboxylic acids is 2. The van der Waals surface area contributed by atoms with Gasteiger partial charge in [-0.1, -0.05) is 18.2 Å². The van der Waals surface area contributed by atoms with Crippen molar-refractivity contribution in [1.29, 1.82) is 0 Å². The lowest BCUT2D eigenvalue weighted by Crippen LogP contribution is -2.45. The van der Waals surface area contributed by atoms with E-state index in [1.165, 1.54) is 0 Å². The molecule has 0 bridgehead atoms. The van der Waals surface area contributed by atoms with Crippen LogP contribution in [0.1, 0.15) is 17.9 Å². The first-order valence-corrected chi connectivity index (χ1v) is 6.90. The quantitative estimate of drug-likeness (QED) is 0.767. The third-order valence-corrected chi connectivity index (χ3v) is 4.05. The summed E-state index contributed by atoms with van der Waals surface area (Å²) in [6.45, 7) is 2.38. The van der Waals surface area contributed by atoms with Crippen LogP contribution in [0.5, 0.6) is 0 Å². The highest BCUT2D eigenvalue weighted by atomic mass is 16.5. The van der Waals surface area contributed by atoms with Crippen molar-refractivity contribution in [2.45, 2.75) is 12.3 Å². The summed E-state index contributed by atoms with van der Waals surface area (Å²) in [5.41, 5.74) is 1.79. The summed E-state index contributed by atoms with van der Waals surface area (Å²) in [7, 11) is 1.76. The highest BCUT2D eigenvalue weighted by molar-refractivity contribution is 6.02. The van der Waals surface area contributed by atoms with Crippen molar-refractivity contribution in [3.8, 4) is 0 Å². The van der Waals surface area contributed by atoms with Gasteiger partial charge in [-0.15, -0.1) is 0 Å². The van der Waals surface area contributed by atoms with Crippen LogP contribution in [0.25, 0.3) is 0 Å². The molecule has 1 unspecified atom stereocenters. The maximum absolute atomic E-state index is 12.7. The smallest absolute Gasteiger partial charge is 0.230 e. The third kappa shape index (κ3) is 2.18. The Morgan fingerprint density at radius 3 is 2.70 bits per heavy atom. The average molecular weight is 274 g/mol. The van der Waals surface area contributed by atoms with Crippen molar-refractivity contribution < 1.29 is 14.3 Å². The number of amides is 2. The van der Waals surface area contributed by atoms with E-state index >= 15 is 0 Å². The van der Waals surface area contributed by atoms with E-state index in [0.29, 0.717) is 26.3 Å². The fourth-order valence-electron chi connectivity index (χ4n) is 2.87. The molecule has 106 valence electrons. The molecule has 5 heteroatoms. The number of carbonyl (C=O) groups is 2. The topological polar surface area (TPSA) is 49.9 Å². The minimum atomic E-state index is -0.354. The first-order chi connectivity index (χ1) is 9.68. The minimum absolute atomic E-state index is 0.00434. The molecule has 0 aromatic heterocycles. The molecule has 2 aliphatic rings. The number of hydrogen-bond donors (Lipinski definition) is 0. The summed E-state index contributed by atoms with van der Waals surface area (Å²) in [5, 5.41) is 0. The van der Waals surface area contributed by atoms with Gasteiger partial charge >= 0.3 is 0 Å². The molecule has 5 nitrogen and oxygen atoms in total. The Bertz CT molecular complexity index is 538. The predicted molar refractivity (Wildman–Crippen MR) is 74.6 cm³/mol. The molecule has 1 atom stereocenters. The van der Waals surface area contributed by atoms with Crippen molar-refractivity contribution in [3.63, 3.8) is 0 Å². The molecule has 0 N–H and O–H groups in total. The number of para-hydroxylation sites is 1. The van der Waals surface area contributed by atoms with Gasteiger partial charge in [-0.3, -0.25) is 9.59 Å². The van der Waals surface area contributed by atoms with Gasteiger partial charge in [-0.25, -0.2) is 0 Å². The number of morpholine rings is 1. The molecule has 20 heavy (non-hydrogen) atoms. The summed E-state index contributed by atoms with van der Waals surface area (Å²) in [6.07, 6.45) is 0.254. The molecule has 0 spiro atoms. The Labute approximate surface area is 118 Å². The van der Waals surface area contributed by atoms with Gasteiger partial charge in [0.1, 0.15) is 0 Å². The summed E-state index contributed by atoms with van der Waals surface area (Å²) >= 11 is 0. The fourth-order valence-corrected chi connectivity index (χ4v) is 2.87. The third-order valence-electron chi connectivity index (χ3n) is 4.05. The van der Waals surface area contributed by atoms with E-state index in [9.17, 15) is 9.59 Å². The molecule has 0 aliphatic carbocycles. The molecule has 2 amide bonds. The maximum Gasteiger partial charge on any atom is 0.230 e. The molecule has 3 rings (SSSR count). The van der Waals surface area contributed by atoms with Crippen LogP contribution in [0.4, 0.5) is 5.69 Å². The first-order valence-electron chi connectivity index (χ1n) is 6.90. The van der Waals surface area contributed by atoms with Crippen molar-refractivity contribution in [1.82, 2.24) is 4.90 Å². The van der Waals surface area contributed by atoms with E-state index in [1.54, 1.807) is 11.9 Å². The zero-order valence-electron chi connectivity index (χ0n) is 11.5. The summed E-state index contributed by atoms with van der Waals surface area (Å²) < 4.78 is 5.28. The second kappa shape index (κ2) is 5.25. The summed E-state index contributed by atoms with van der Waals surface area (Å²) in [5.74, 6) is -0.314. The Kier molecular flexibility index (Phi) is 3.44. The lowest BCUT2D eigenvalue weighted by atomic mass is 9.88. The number of benzene rings is 1. The Morgan fingerprint density at radius 1 is 1.25 bits per heavy atom. The molecular formula is C15H18N2O3. The number of anilines is 1. The van der Waals surface area contributed by atoms with Gasteiger partial charge in [0.25, 0.3) is 0 Å². The summed E-state index contributed by atoms with van der Waals surface area (Å²) in [4.78, 5) is 28.2. The summed E-state index contributed by atoms with van der Waals surface area (Å²) in [6, 6.07) is 7.65. The number of rotatable bonds is 1. The standard InChI is InChI=1S/C15H18N2O3/c1-16-13-5-3-2-4-11(13)12(10-14(16)18)15(19)17-6-8-20-9-7-17/h2-5,12H,6-10H2,1H3. The molecule has 0 radical (unpaired) electrons. The zero-order chi connectivity index (χ0) is 14.1. The van der Waals surface area contributed by atoms with E-state index in [2.05, 4.69) is 0 Å².